The Morgan fingerprint density at radius 2 is 0.450 bits per heavy atom. The van der Waals surface area contributed by atoms with E-state index in [0.29, 0.717) is 0 Å². The molecule has 6 fully saturated rings. The fraction of sp³-hybridized carbons (Fsp3) is 1.00. The molecule has 0 atom stereocenters. The number of hydrogen-bond donors (Lipinski definition) is 0. The van der Waals surface area contributed by atoms with Gasteiger partial charge >= 0.3 is 0 Å². The van der Waals surface area contributed by atoms with Crippen LogP contribution in [0.5, 0.6) is 0 Å². The monoisotopic (exact) mass is 276 g/mol. The molecule has 0 heteroatoms. The molecule has 0 unspecified atom stereocenters. The van der Waals surface area contributed by atoms with Crippen molar-refractivity contribution in [2.75, 3.05) is 0 Å². The van der Waals surface area contributed by atoms with Crippen molar-refractivity contribution in [1.82, 2.24) is 0 Å². The van der Waals surface area contributed by atoms with Gasteiger partial charge in [-0.2, -0.15) is 0 Å². The molecule has 0 aromatic rings. The van der Waals surface area contributed by atoms with Crippen molar-refractivity contribution in [3.05, 3.63) is 0 Å². The maximum absolute atomic E-state index is 1.57. The lowest BCUT2D eigenvalue weighted by Gasteiger charge is -2.31. The Morgan fingerprint density at radius 3 is 0.650 bits per heavy atom. The van der Waals surface area contributed by atoms with Crippen LogP contribution in [0.4, 0.5) is 0 Å². The molecular formula is C20H36. The highest BCUT2D eigenvalue weighted by atomic mass is 14.3. The smallest absolute Gasteiger partial charge is 0.0414 e. The molecule has 6 aliphatic carbocycles. The third kappa shape index (κ3) is 4.50. The van der Waals surface area contributed by atoms with E-state index >= 15 is 0 Å². The minimum absolute atomic E-state index is 1.11. The van der Waals surface area contributed by atoms with Gasteiger partial charge in [0, 0.05) is 0 Å². The van der Waals surface area contributed by atoms with Crippen molar-refractivity contribution in [3.8, 4) is 0 Å². The highest BCUT2D eigenvalue weighted by Crippen LogP contribution is 2.38. The van der Waals surface area contributed by atoms with Crippen LogP contribution in [0, 0.1) is 23.7 Å². The van der Waals surface area contributed by atoms with Gasteiger partial charge in [-0.25, -0.2) is 0 Å². The van der Waals surface area contributed by atoms with Crippen molar-refractivity contribution in [2.45, 2.75) is 103 Å². The number of rotatable bonds is 0. The van der Waals surface area contributed by atoms with E-state index in [1.807, 2.05) is 0 Å². The van der Waals surface area contributed by atoms with E-state index < -0.39 is 0 Å². The Kier molecular flexibility index (Phi) is 5.86. The van der Waals surface area contributed by atoms with Crippen molar-refractivity contribution in [1.29, 1.82) is 0 Å². The third-order valence-corrected chi connectivity index (χ3v) is 6.88. The van der Waals surface area contributed by atoms with Crippen molar-refractivity contribution < 1.29 is 0 Å². The minimum Gasteiger partial charge on any atom is -0.0530 e. The molecule has 0 amide bonds. The van der Waals surface area contributed by atoms with Crippen LogP contribution in [0.3, 0.4) is 0 Å². The molecule has 0 saturated heterocycles. The summed E-state index contributed by atoms with van der Waals surface area (Å²) in [6, 6.07) is 0. The summed E-state index contributed by atoms with van der Waals surface area (Å²) >= 11 is 0. The Labute approximate surface area is 127 Å². The zero-order valence-electron chi connectivity index (χ0n) is 13.6. The molecule has 0 spiro atoms. The summed E-state index contributed by atoms with van der Waals surface area (Å²) in [4.78, 5) is 0. The Balaban J connectivity index is 1.49. The molecule has 4 bridgehead atoms. The predicted molar refractivity (Wildman–Crippen MR) is 87.8 cm³/mol. The summed E-state index contributed by atoms with van der Waals surface area (Å²) < 4.78 is 0. The van der Waals surface area contributed by atoms with E-state index in [0.717, 1.165) is 23.7 Å². The molecule has 116 valence electrons. The fourth-order valence-electron chi connectivity index (χ4n) is 5.35. The summed E-state index contributed by atoms with van der Waals surface area (Å²) in [6.45, 7) is 0. The average Bonchev–Trinajstić information content (AvgIpc) is 2.49. The van der Waals surface area contributed by atoms with E-state index in [1.54, 1.807) is 77.0 Å². The second kappa shape index (κ2) is 7.85. The first kappa shape index (κ1) is 14.9. The molecule has 20 heavy (non-hydrogen) atoms. The third-order valence-electron chi connectivity index (χ3n) is 6.88. The first-order chi connectivity index (χ1) is 9.90. The Hall–Kier alpha value is 0. The molecule has 0 aromatic carbocycles. The quantitative estimate of drug-likeness (QED) is 0.460. The van der Waals surface area contributed by atoms with E-state index in [4.69, 9.17) is 0 Å². The van der Waals surface area contributed by atoms with E-state index in [9.17, 15) is 0 Å². The largest absolute Gasteiger partial charge is 0.0530 e. The summed E-state index contributed by atoms with van der Waals surface area (Å²) in [7, 11) is 0. The van der Waals surface area contributed by atoms with Crippen molar-refractivity contribution >= 4 is 0 Å². The molecule has 0 N–H and O–H groups in total. The summed E-state index contributed by atoms with van der Waals surface area (Å²) in [5.41, 5.74) is 0. The van der Waals surface area contributed by atoms with Crippen LogP contribution in [0.2, 0.25) is 0 Å². The zero-order valence-corrected chi connectivity index (χ0v) is 13.6. The SMILES string of the molecule is C1CCC2CCC(CCCCC3CCC(C1)CC3)CC2. The second-order valence-electron chi connectivity index (χ2n) is 8.34. The molecule has 0 radical (unpaired) electrons. The normalized spacial score (nSPS) is 40.8. The fourth-order valence-corrected chi connectivity index (χ4v) is 5.35. The Bertz CT molecular complexity index is 197. The molecule has 6 aliphatic rings. The van der Waals surface area contributed by atoms with Crippen LogP contribution in [0.15, 0.2) is 0 Å². The molecule has 0 heterocycles. The van der Waals surface area contributed by atoms with Gasteiger partial charge in [0.25, 0.3) is 0 Å². The van der Waals surface area contributed by atoms with Gasteiger partial charge < -0.3 is 0 Å². The van der Waals surface area contributed by atoms with Gasteiger partial charge in [-0.15, -0.1) is 0 Å². The molecule has 0 aliphatic heterocycles. The highest BCUT2D eigenvalue weighted by Gasteiger charge is 2.23. The lowest BCUT2D eigenvalue weighted by Crippen LogP contribution is -2.17. The van der Waals surface area contributed by atoms with E-state index in [2.05, 4.69) is 0 Å². The maximum atomic E-state index is 1.57. The van der Waals surface area contributed by atoms with Gasteiger partial charge in [0.15, 0.2) is 0 Å². The van der Waals surface area contributed by atoms with Crippen LogP contribution in [0.1, 0.15) is 103 Å². The minimum atomic E-state index is 1.11. The predicted octanol–water partition coefficient (Wildman–Crippen LogP) is 6.73. The van der Waals surface area contributed by atoms with Crippen LogP contribution in [-0.4, -0.2) is 0 Å². The topological polar surface area (TPSA) is 0 Å². The zero-order chi connectivity index (χ0) is 13.6. The van der Waals surface area contributed by atoms with E-state index in [1.165, 1.54) is 25.7 Å². The van der Waals surface area contributed by atoms with Crippen LogP contribution in [0.25, 0.3) is 0 Å². The molecular weight excluding hydrogens is 240 g/mol. The van der Waals surface area contributed by atoms with Crippen LogP contribution >= 0.6 is 0 Å². The van der Waals surface area contributed by atoms with Gasteiger partial charge in [-0.05, 0) is 23.7 Å². The van der Waals surface area contributed by atoms with Crippen LogP contribution in [-0.2, 0) is 0 Å². The maximum Gasteiger partial charge on any atom is -0.0414 e. The summed E-state index contributed by atoms with van der Waals surface area (Å²) in [5, 5.41) is 0. The molecule has 6 saturated carbocycles. The molecule has 0 aromatic heterocycles. The summed E-state index contributed by atoms with van der Waals surface area (Å²) in [5.74, 6) is 4.43. The Morgan fingerprint density at radius 1 is 0.250 bits per heavy atom. The second-order valence-corrected chi connectivity index (χ2v) is 8.34. The van der Waals surface area contributed by atoms with Gasteiger partial charge in [0.2, 0.25) is 0 Å². The van der Waals surface area contributed by atoms with Gasteiger partial charge in [0.1, 0.15) is 0 Å². The number of hydrogen-bond acceptors (Lipinski definition) is 0. The summed E-state index contributed by atoms with van der Waals surface area (Å²) in [6.07, 6.45) is 24.9. The standard InChI is InChI=1S/C20H36/c1-2-6-18-13-15-20(16-14-18)8-4-3-7-19-11-9-17(5-1)10-12-19/h17-20H,1-16H2. The van der Waals surface area contributed by atoms with Crippen molar-refractivity contribution in [2.24, 2.45) is 23.7 Å². The van der Waals surface area contributed by atoms with Gasteiger partial charge in [-0.3, -0.25) is 0 Å². The lowest BCUT2D eigenvalue weighted by molar-refractivity contribution is 0.218. The highest BCUT2D eigenvalue weighted by molar-refractivity contribution is 4.76. The molecule has 6 rings (SSSR count). The van der Waals surface area contributed by atoms with Crippen molar-refractivity contribution in [3.63, 3.8) is 0 Å². The van der Waals surface area contributed by atoms with Crippen LogP contribution < -0.4 is 0 Å². The van der Waals surface area contributed by atoms with E-state index in [-0.39, 0.29) is 0 Å². The lowest BCUT2D eigenvalue weighted by atomic mass is 9.75. The van der Waals surface area contributed by atoms with Gasteiger partial charge in [0.05, 0.1) is 0 Å². The first-order valence-corrected chi connectivity index (χ1v) is 9.90. The average molecular weight is 277 g/mol. The van der Waals surface area contributed by atoms with Gasteiger partial charge in [-0.1, -0.05) is 103 Å². The molecule has 0 nitrogen and oxygen atoms in total. The first-order valence-electron chi connectivity index (χ1n) is 9.90.